The van der Waals surface area contributed by atoms with Gasteiger partial charge in [-0.2, -0.15) is 0 Å². The van der Waals surface area contributed by atoms with Crippen molar-refractivity contribution >= 4 is 11.6 Å². The lowest BCUT2D eigenvalue weighted by Gasteiger charge is -2.07. The van der Waals surface area contributed by atoms with Crippen molar-refractivity contribution in [3.05, 3.63) is 75.1 Å². The summed E-state index contributed by atoms with van der Waals surface area (Å²) in [6.07, 6.45) is 0.530. The van der Waals surface area contributed by atoms with E-state index in [0.29, 0.717) is 12.2 Å². The minimum Gasteiger partial charge on any atom is -0.493 e. The van der Waals surface area contributed by atoms with Gasteiger partial charge in [0.15, 0.2) is 0 Å². The smallest absolute Gasteiger partial charge is 0.336 e. The van der Waals surface area contributed by atoms with Crippen molar-refractivity contribution in [1.82, 2.24) is 0 Å². The molecule has 2 aromatic carbocycles. The highest BCUT2D eigenvalue weighted by Gasteiger charge is 2.47. The average molecular weight is 329 g/mol. The maximum atomic E-state index is 12.8. The van der Waals surface area contributed by atoms with Gasteiger partial charge in [0.05, 0.1) is 6.61 Å². The molecule has 0 N–H and O–H groups in total. The van der Waals surface area contributed by atoms with Gasteiger partial charge in [0.1, 0.15) is 11.6 Å². The zero-order chi connectivity index (χ0) is 17.3. The van der Waals surface area contributed by atoms with Crippen LogP contribution in [-0.2, 0) is 6.42 Å². The first kappa shape index (κ1) is 15.8. The number of carbonyl (C=O) groups excluding carboxylic acids is 2. The molecule has 2 aromatic rings. The van der Waals surface area contributed by atoms with Gasteiger partial charge in [0.2, 0.25) is 11.6 Å². The summed E-state index contributed by atoms with van der Waals surface area (Å²) in [4.78, 5) is 33.8. The molecular weight excluding hydrogens is 317 g/mol. The Hall–Kier alpha value is -3.09. The fourth-order valence-electron chi connectivity index (χ4n) is 2.57. The Bertz CT molecular complexity index is 831. The molecule has 24 heavy (non-hydrogen) atoms. The molecule has 0 saturated heterocycles. The highest BCUT2D eigenvalue weighted by Crippen LogP contribution is 2.28. The van der Waals surface area contributed by atoms with Crippen LogP contribution in [0.15, 0.2) is 42.5 Å². The van der Waals surface area contributed by atoms with E-state index in [1.54, 1.807) is 12.1 Å². The first-order valence-corrected chi connectivity index (χ1v) is 7.20. The lowest BCUT2D eigenvalue weighted by Crippen LogP contribution is -2.31. The quantitative estimate of drug-likeness (QED) is 0.478. The van der Waals surface area contributed by atoms with Crippen molar-refractivity contribution in [2.75, 3.05) is 6.61 Å². The summed E-state index contributed by atoms with van der Waals surface area (Å²) in [5, 5.41) is 10.8. The summed E-state index contributed by atoms with van der Waals surface area (Å²) in [6, 6.07) is 8.36. The third-order valence-corrected chi connectivity index (χ3v) is 3.80. The van der Waals surface area contributed by atoms with Gasteiger partial charge in [-0.25, -0.2) is 4.39 Å². The molecule has 1 atom stereocenters. The van der Waals surface area contributed by atoms with Gasteiger partial charge in [-0.3, -0.25) is 19.7 Å². The van der Waals surface area contributed by atoms with E-state index in [0.717, 1.165) is 5.56 Å². The average Bonchev–Trinajstić information content (AvgIpc) is 2.80. The highest BCUT2D eigenvalue weighted by molar-refractivity contribution is 6.28. The third kappa shape index (κ3) is 2.88. The lowest BCUT2D eigenvalue weighted by molar-refractivity contribution is -0.488. The van der Waals surface area contributed by atoms with Crippen LogP contribution in [-0.4, -0.2) is 29.1 Å². The number of rotatable bonds is 5. The molecule has 6 nitrogen and oxygen atoms in total. The van der Waals surface area contributed by atoms with E-state index in [2.05, 4.69) is 0 Å². The molecule has 0 spiro atoms. The third-order valence-electron chi connectivity index (χ3n) is 3.80. The van der Waals surface area contributed by atoms with Crippen LogP contribution < -0.4 is 4.74 Å². The second kappa shape index (κ2) is 6.19. The van der Waals surface area contributed by atoms with Crippen LogP contribution in [0.3, 0.4) is 0 Å². The number of nitro groups is 1. The van der Waals surface area contributed by atoms with Crippen molar-refractivity contribution in [1.29, 1.82) is 0 Å². The van der Waals surface area contributed by atoms with E-state index in [4.69, 9.17) is 4.74 Å². The Labute approximate surface area is 136 Å². The van der Waals surface area contributed by atoms with Gasteiger partial charge in [0.25, 0.3) is 0 Å². The predicted octanol–water partition coefficient (Wildman–Crippen LogP) is 2.47. The Morgan fingerprint density at radius 2 is 1.71 bits per heavy atom. The molecule has 0 saturated carbocycles. The molecule has 3 rings (SSSR count). The zero-order valence-electron chi connectivity index (χ0n) is 12.4. The predicted molar refractivity (Wildman–Crippen MR) is 81.5 cm³/mol. The second-order valence-corrected chi connectivity index (χ2v) is 5.35. The second-order valence-electron chi connectivity index (χ2n) is 5.35. The monoisotopic (exact) mass is 329 g/mol. The van der Waals surface area contributed by atoms with Crippen LogP contribution in [0.1, 0.15) is 26.3 Å². The normalized spacial score (nSPS) is 16.1. The topological polar surface area (TPSA) is 86.5 Å². The Balaban J connectivity index is 1.69. The molecule has 1 aliphatic carbocycles. The van der Waals surface area contributed by atoms with Crippen molar-refractivity contribution < 1.29 is 23.6 Å². The van der Waals surface area contributed by atoms with Crippen molar-refractivity contribution in [2.45, 2.75) is 12.5 Å². The standard InChI is InChI=1S/C17H12FNO5/c18-11-3-1-10(2-4-11)7-8-24-12-5-6-13-14(9-12)17(21)15(16(13)20)19(22)23/h1-6,9,15H,7-8H2. The van der Waals surface area contributed by atoms with Gasteiger partial charge in [0, 0.05) is 22.5 Å². The van der Waals surface area contributed by atoms with Crippen LogP contribution in [0, 0.1) is 15.9 Å². The van der Waals surface area contributed by atoms with Gasteiger partial charge in [-0.05, 0) is 35.9 Å². The number of ether oxygens (including phenoxy) is 1. The van der Waals surface area contributed by atoms with E-state index in [1.165, 1.54) is 30.3 Å². The summed E-state index contributed by atoms with van der Waals surface area (Å²) in [6.45, 7) is 0.283. The number of Topliss-reactive ketones (excluding diaryl/α,β-unsaturated/α-hetero) is 2. The molecule has 1 unspecified atom stereocenters. The summed E-state index contributed by atoms with van der Waals surface area (Å²) >= 11 is 0. The van der Waals surface area contributed by atoms with Crippen molar-refractivity contribution in [2.24, 2.45) is 0 Å². The molecule has 122 valence electrons. The Morgan fingerprint density at radius 3 is 2.38 bits per heavy atom. The fraction of sp³-hybridized carbons (Fsp3) is 0.176. The van der Waals surface area contributed by atoms with Gasteiger partial charge in [-0.1, -0.05) is 12.1 Å². The molecule has 0 bridgehead atoms. The molecular formula is C17H12FNO5. The molecule has 7 heteroatoms. The summed E-state index contributed by atoms with van der Waals surface area (Å²) in [5.74, 6) is -1.58. The molecule has 0 amide bonds. The molecule has 0 heterocycles. The van der Waals surface area contributed by atoms with E-state index in [-0.39, 0.29) is 23.6 Å². The number of hydrogen-bond acceptors (Lipinski definition) is 5. The first-order chi connectivity index (χ1) is 11.5. The fourth-order valence-corrected chi connectivity index (χ4v) is 2.57. The maximum absolute atomic E-state index is 12.8. The number of carbonyl (C=O) groups is 2. The number of halogens is 1. The van der Waals surface area contributed by atoms with Crippen LogP contribution in [0.5, 0.6) is 5.75 Å². The van der Waals surface area contributed by atoms with Crippen molar-refractivity contribution in [3.63, 3.8) is 0 Å². The number of hydrogen-bond donors (Lipinski definition) is 0. The molecule has 0 radical (unpaired) electrons. The molecule has 0 aromatic heterocycles. The molecule has 0 aliphatic heterocycles. The van der Waals surface area contributed by atoms with Gasteiger partial charge >= 0.3 is 6.04 Å². The first-order valence-electron chi connectivity index (χ1n) is 7.20. The van der Waals surface area contributed by atoms with Crippen LogP contribution >= 0.6 is 0 Å². The van der Waals surface area contributed by atoms with Crippen LogP contribution in [0.2, 0.25) is 0 Å². The number of benzene rings is 2. The van der Waals surface area contributed by atoms with E-state index >= 15 is 0 Å². The summed E-state index contributed by atoms with van der Waals surface area (Å²) < 4.78 is 18.3. The number of nitrogens with zero attached hydrogens (tertiary/aromatic N) is 1. The minimum atomic E-state index is -1.85. The van der Waals surface area contributed by atoms with Crippen molar-refractivity contribution in [3.8, 4) is 5.75 Å². The Morgan fingerprint density at radius 1 is 1.04 bits per heavy atom. The largest absolute Gasteiger partial charge is 0.493 e. The van der Waals surface area contributed by atoms with Gasteiger partial charge < -0.3 is 4.74 Å². The van der Waals surface area contributed by atoms with Gasteiger partial charge in [-0.15, -0.1) is 0 Å². The summed E-state index contributed by atoms with van der Waals surface area (Å²) in [5.41, 5.74) is 0.950. The zero-order valence-corrected chi connectivity index (χ0v) is 12.4. The lowest BCUT2D eigenvalue weighted by atomic mass is 10.1. The minimum absolute atomic E-state index is 0.0148. The molecule has 0 fully saturated rings. The van der Waals surface area contributed by atoms with E-state index in [9.17, 15) is 24.1 Å². The maximum Gasteiger partial charge on any atom is 0.336 e. The SMILES string of the molecule is O=C1c2ccc(OCCc3ccc(F)cc3)cc2C(=O)C1[N+](=O)[O-]. The highest BCUT2D eigenvalue weighted by atomic mass is 19.1. The van der Waals surface area contributed by atoms with E-state index in [1.807, 2.05) is 0 Å². The Kier molecular flexibility index (Phi) is 4.07. The molecule has 1 aliphatic rings. The van der Waals surface area contributed by atoms with E-state index < -0.39 is 22.5 Å². The van der Waals surface area contributed by atoms with Crippen LogP contribution in [0.4, 0.5) is 4.39 Å². The number of ketones is 2. The summed E-state index contributed by atoms with van der Waals surface area (Å²) in [7, 11) is 0. The van der Waals surface area contributed by atoms with Crippen LogP contribution in [0.25, 0.3) is 0 Å². The number of fused-ring (bicyclic) bond motifs is 1.